The lowest BCUT2D eigenvalue weighted by Crippen LogP contribution is -2.46. The van der Waals surface area contributed by atoms with Crippen LogP contribution in [0.2, 0.25) is 0 Å². The summed E-state index contributed by atoms with van der Waals surface area (Å²) in [5.74, 6) is 0.870. The molecule has 0 spiro atoms. The van der Waals surface area contributed by atoms with Gasteiger partial charge >= 0.3 is 0 Å². The molecule has 1 aromatic rings. The molecule has 2 unspecified atom stereocenters. The number of nitrogens with one attached hydrogen (secondary N) is 2. The maximum absolute atomic E-state index is 5.78. The predicted molar refractivity (Wildman–Crippen MR) is 116 cm³/mol. The van der Waals surface area contributed by atoms with Gasteiger partial charge in [-0.25, -0.2) is 9.98 Å². The summed E-state index contributed by atoms with van der Waals surface area (Å²) < 4.78 is 5.78. The van der Waals surface area contributed by atoms with Crippen LogP contribution in [-0.4, -0.2) is 60.8 Å². The number of hydrogen-bond acceptors (Lipinski definition) is 5. The molecule has 0 aromatic carbocycles. The fourth-order valence-electron chi connectivity index (χ4n) is 2.94. The van der Waals surface area contributed by atoms with Gasteiger partial charge in [0.15, 0.2) is 5.96 Å². The van der Waals surface area contributed by atoms with Crippen molar-refractivity contribution >= 4 is 41.3 Å². The van der Waals surface area contributed by atoms with E-state index in [1.165, 1.54) is 4.88 Å². The zero-order chi connectivity index (χ0) is 17.4. The van der Waals surface area contributed by atoms with E-state index in [-0.39, 0.29) is 24.0 Å². The van der Waals surface area contributed by atoms with Crippen molar-refractivity contribution in [3.8, 4) is 0 Å². The van der Waals surface area contributed by atoms with E-state index in [2.05, 4.69) is 53.2 Å². The zero-order valence-electron chi connectivity index (χ0n) is 15.7. The largest absolute Gasteiger partial charge is 0.373 e. The Hall–Kier alpha value is -0.450. The molecule has 1 aliphatic rings. The van der Waals surface area contributed by atoms with Gasteiger partial charge in [-0.3, -0.25) is 4.90 Å². The predicted octanol–water partition coefficient (Wildman–Crippen LogP) is 2.62. The van der Waals surface area contributed by atoms with Gasteiger partial charge in [-0.1, -0.05) is 0 Å². The number of halogens is 1. The number of aryl methyl sites for hydroxylation is 1. The van der Waals surface area contributed by atoms with Gasteiger partial charge in [-0.15, -0.1) is 35.3 Å². The van der Waals surface area contributed by atoms with Crippen LogP contribution in [0.4, 0.5) is 0 Å². The van der Waals surface area contributed by atoms with Crippen LogP contribution in [0.25, 0.3) is 0 Å². The van der Waals surface area contributed by atoms with E-state index >= 15 is 0 Å². The second kappa shape index (κ2) is 12.0. The maximum Gasteiger partial charge on any atom is 0.191 e. The first-order chi connectivity index (χ1) is 11.6. The lowest BCUT2D eigenvalue weighted by atomic mass is 10.2. The standard InChI is InChI=1S/C17H31N5OS.HI/c1-5-18-17(21-10-16-20-9-15(4)24-16)19-7-6-8-22-11-13(2)23-14(3)12-22;/h9,13-14H,5-8,10-12H2,1-4H3,(H2,18,19,21);1H. The highest BCUT2D eigenvalue weighted by molar-refractivity contribution is 14.0. The topological polar surface area (TPSA) is 61.8 Å². The Morgan fingerprint density at radius 3 is 2.68 bits per heavy atom. The van der Waals surface area contributed by atoms with Crippen molar-refractivity contribution < 1.29 is 4.74 Å². The summed E-state index contributed by atoms with van der Waals surface area (Å²) in [4.78, 5) is 12.7. The summed E-state index contributed by atoms with van der Waals surface area (Å²) in [5, 5.41) is 7.77. The normalized spacial score (nSPS) is 21.7. The molecule has 2 atom stereocenters. The third kappa shape index (κ3) is 8.65. The van der Waals surface area contributed by atoms with Crippen molar-refractivity contribution in [2.45, 2.75) is 52.9 Å². The third-order valence-corrected chi connectivity index (χ3v) is 4.72. The van der Waals surface area contributed by atoms with Gasteiger partial charge in [0.05, 0.1) is 18.8 Å². The highest BCUT2D eigenvalue weighted by Crippen LogP contribution is 2.12. The minimum absolute atomic E-state index is 0. The molecule has 0 aliphatic carbocycles. The van der Waals surface area contributed by atoms with E-state index in [0.29, 0.717) is 18.8 Å². The molecule has 25 heavy (non-hydrogen) atoms. The number of nitrogens with zero attached hydrogens (tertiary/aromatic N) is 3. The maximum atomic E-state index is 5.78. The van der Waals surface area contributed by atoms with Gasteiger partial charge in [-0.2, -0.15) is 0 Å². The van der Waals surface area contributed by atoms with Gasteiger partial charge in [-0.05, 0) is 34.1 Å². The first-order valence-corrected chi connectivity index (χ1v) is 9.69. The van der Waals surface area contributed by atoms with Crippen LogP contribution in [-0.2, 0) is 11.3 Å². The Balaban J connectivity index is 0.00000312. The molecular weight excluding hydrogens is 449 g/mol. The molecular formula is C17H32IN5OS. The molecule has 144 valence electrons. The number of aromatic nitrogens is 1. The van der Waals surface area contributed by atoms with Gasteiger partial charge in [0.1, 0.15) is 5.01 Å². The minimum atomic E-state index is 0. The number of thiazole rings is 1. The van der Waals surface area contributed by atoms with Crippen LogP contribution in [0.15, 0.2) is 11.2 Å². The van der Waals surface area contributed by atoms with Crippen molar-refractivity contribution in [2.75, 3.05) is 32.7 Å². The summed E-state index contributed by atoms with van der Waals surface area (Å²) in [5.41, 5.74) is 0. The van der Waals surface area contributed by atoms with Gasteiger partial charge < -0.3 is 15.4 Å². The lowest BCUT2D eigenvalue weighted by molar-refractivity contribution is -0.0679. The molecule has 1 saturated heterocycles. The van der Waals surface area contributed by atoms with Crippen molar-refractivity contribution in [2.24, 2.45) is 4.99 Å². The van der Waals surface area contributed by atoms with Crippen LogP contribution in [0.3, 0.4) is 0 Å². The number of morpholine rings is 1. The van der Waals surface area contributed by atoms with E-state index in [0.717, 1.165) is 50.1 Å². The number of rotatable bonds is 7. The summed E-state index contributed by atoms with van der Waals surface area (Å²) in [7, 11) is 0. The van der Waals surface area contributed by atoms with Crippen LogP contribution in [0.1, 0.15) is 37.1 Å². The molecule has 8 heteroatoms. The van der Waals surface area contributed by atoms with E-state index in [9.17, 15) is 0 Å². The Morgan fingerprint density at radius 2 is 2.08 bits per heavy atom. The van der Waals surface area contributed by atoms with E-state index < -0.39 is 0 Å². The first-order valence-electron chi connectivity index (χ1n) is 8.88. The van der Waals surface area contributed by atoms with Crippen LogP contribution < -0.4 is 10.6 Å². The molecule has 1 aliphatic heterocycles. The number of hydrogen-bond donors (Lipinski definition) is 2. The molecule has 2 rings (SSSR count). The average Bonchev–Trinajstić information content (AvgIpc) is 2.93. The summed E-state index contributed by atoms with van der Waals surface area (Å²) in [6.45, 7) is 14.0. The Morgan fingerprint density at radius 1 is 1.36 bits per heavy atom. The Bertz CT molecular complexity index is 515. The second-order valence-corrected chi connectivity index (χ2v) is 7.68. The van der Waals surface area contributed by atoms with Crippen molar-refractivity contribution in [1.82, 2.24) is 20.5 Å². The van der Waals surface area contributed by atoms with E-state index in [1.54, 1.807) is 11.3 Å². The molecule has 1 fully saturated rings. The number of ether oxygens (including phenoxy) is 1. The van der Waals surface area contributed by atoms with Gasteiger partial charge in [0.25, 0.3) is 0 Å². The quantitative estimate of drug-likeness (QED) is 0.272. The van der Waals surface area contributed by atoms with Gasteiger partial charge in [0, 0.05) is 43.8 Å². The zero-order valence-corrected chi connectivity index (χ0v) is 18.9. The molecule has 0 saturated carbocycles. The van der Waals surface area contributed by atoms with E-state index in [1.807, 2.05) is 6.20 Å². The Labute approximate surface area is 172 Å². The molecule has 6 nitrogen and oxygen atoms in total. The van der Waals surface area contributed by atoms with Crippen LogP contribution >= 0.6 is 35.3 Å². The molecule has 0 bridgehead atoms. The summed E-state index contributed by atoms with van der Waals surface area (Å²) >= 11 is 1.70. The van der Waals surface area contributed by atoms with Gasteiger partial charge in [0.2, 0.25) is 0 Å². The van der Waals surface area contributed by atoms with Crippen molar-refractivity contribution in [1.29, 1.82) is 0 Å². The molecule has 2 N–H and O–H groups in total. The lowest BCUT2D eigenvalue weighted by Gasteiger charge is -2.35. The fourth-order valence-corrected chi connectivity index (χ4v) is 3.65. The Kier molecular flexibility index (Phi) is 10.9. The molecule has 1 aromatic heterocycles. The van der Waals surface area contributed by atoms with E-state index in [4.69, 9.17) is 4.74 Å². The number of aliphatic imine (C=N–C) groups is 1. The first kappa shape index (κ1) is 22.6. The second-order valence-electron chi connectivity index (χ2n) is 6.36. The highest BCUT2D eigenvalue weighted by Gasteiger charge is 2.21. The number of guanidine groups is 1. The summed E-state index contributed by atoms with van der Waals surface area (Å²) in [6.07, 6.45) is 3.67. The van der Waals surface area contributed by atoms with Crippen LogP contribution in [0.5, 0.6) is 0 Å². The molecule has 2 heterocycles. The highest BCUT2D eigenvalue weighted by atomic mass is 127. The average molecular weight is 481 g/mol. The summed E-state index contributed by atoms with van der Waals surface area (Å²) in [6, 6.07) is 0. The SMILES string of the molecule is CCNC(=NCc1ncc(C)s1)NCCCN1CC(C)OC(C)C1.I. The van der Waals surface area contributed by atoms with Crippen molar-refractivity contribution in [3.05, 3.63) is 16.1 Å². The molecule has 0 radical (unpaired) electrons. The molecule has 0 amide bonds. The minimum Gasteiger partial charge on any atom is -0.373 e. The monoisotopic (exact) mass is 481 g/mol. The van der Waals surface area contributed by atoms with Crippen LogP contribution in [0, 0.1) is 6.92 Å². The fraction of sp³-hybridized carbons (Fsp3) is 0.765. The smallest absolute Gasteiger partial charge is 0.191 e. The van der Waals surface area contributed by atoms with Crippen molar-refractivity contribution in [3.63, 3.8) is 0 Å². The third-order valence-electron chi connectivity index (χ3n) is 3.82.